The van der Waals surface area contributed by atoms with E-state index < -0.39 is 6.10 Å². The third kappa shape index (κ3) is 6.69. The molecule has 1 atom stereocenters. The van der Waals surface area contributed by atoms with Crippen molar-refractivity contribution in [3.8, 4) is 0 Å². The van der Waals surface area contributed by atoms with Crippen LogP contribution in [0.15, 0.2) is 24.3 Å². The molecule has 0 saturated heterocycles. The molecule has 116 valence electrons. The molecule has 0 bridgehead atoms. The molecule has 0 saturated carbocycles. The second-order valence-corrected chi connectivity index (χ2v) is 5.92. The lowest BCUT2D eigenvalue weighted by molar-refractivity contribution is -0.126. The van der Waals surface area contributed by atoms with Gasteiger partial charge in [0.2, 0.25) is 0 Å². The van der Waals surface area contributed by atoms with E-state index in [0.717, 1.165) is 18.4 Å². The average Bonchev–Trinajstić information content (AvgIpc) is 2.43. The zero-order chi connectivity index (χ0) is 15.8. The first-order valence-corrected chi connectivity index (χ1v) is 7.63. The summed E-state index contributed by atoms with van der Waals surface area (Å²) >= 11 is 4.92. The van der Waals surface area contributed by atoms with Gasteiger partial charge in [-0.1, -0.05) is 38.2 Å². The Hall–Kier alpha value is -1.46. The summed E-state index contributed by atoms with van der Waals surface area (Å²) in [6.45, 7) is 6.69. The van der Waals surface area contributed by atoms with E-state index in [4.69, 9.17) is 22.7 Å². The fourth-order valence-electron chi connectivity index (χ4n) is 1.82. The van der Waals surface area contributed by atoms with Crippen molar-refractivity contribution >= 4 is 28.8 Å². The molecule has 0 fully saturated rings. The molecule has 0 heterocycles. The topological polar surface area (TPSA) is 64.3 Å². The molecule has 0 radical (unpaired) electrons. The summed E-state index contributed by atoms with van der Waals surface area (Å²) in [5.41, 5.74) is 6.97. The summed E-state index contributed by atoms with van der Waals surface area (Å²) in [6.07, 6.45) is 1.59. The predicted molar refractivity (Wildman–Crippen MR) is 90.4 cm³/mol. The fraction of sp³-hybridized carbons (Fsp3) is 0.500. The van der Waals surface area contributed by atoms with Gasteiger partial charge in [0.15, 0.2) is 0 Å². The first-order valence-electron chi connectivity index (χ1n) is 7.22. The number of hydrogen-bond donors (Lipinski definition) is 2. The van der Waals surface area contributed by atoms with Gasteiger partial charge < -0.3 is 15.8 Å². The highest BCUT2D eigenvalue weighted by atomic mass is 32.1. The zero-order valence-corrected chi connectivity index (χ0v) is 13.7. The van der Waals surface area contributed by atoms with Crippen LogP contribution in [0.2, 0.25) is 0 Å². The van der Waals surface area contributed by atoms with E-state index in [1.807, 2.05) is 6.07 Å². The number of carbonyl (C=O) groups is 1. The molecule has 1 aromatic rings. The predicted octanol–water partition coefficient (Wildman–Crippen LogP) is 3.10. The molecule has 21 heavy (non-hydrogen) atoms. The molecule has 1 unspecified atom stereocenters. The molecule has 5 heteroatoms. The summed E-state index contributed by atoms with van der Waals surface area (Å²) in [5.74, 6) is 0.486. The molecule has 0 spiro atoms. The van der Waals surface area contributed by atoms with Crippen LogP contribution >= 0.6 is 12.2 Å². The van der Waals surface area contributed by atoms with Crippen molar-refractivity contribution in [1.82, 2.24) is 0 Å². The lowest BCUT2D eigenvalue weighted by Crippen LogP contribution is -2.28. The van der Waals surface area contributed by atoms with Gasteiger partial charge in [0, 0.05) is 17.9 Å². The largest absolute Gasteiger partial charge is 0.389 e. The smallest absolute Gasteiger partial charge is 0.253 e. The SMILES string of the molecule is CC(C)CCCOC(C)C(=O)Nc1cccc(C(N)=S)c1. The highest BCUT2D eigenvalue weighted by Gasteiger charge is 2.13. The van der Waals surface area contributed by atoms with Gasteiger partial charge in [-0.05, 0) is 37.8 Å². The van der Waals surface area contributed by atoms with Crippen molar-refractivity contribution in [2.24, 2.45) is 11.7 Å². The van der Waals surface area contributed by atoms with E-state index in [9.17, 15) is 4.79 Å². The molecule has 1 rings (SSSR count). The lowest BCUT2D eigenvalue weighted by Gasteiger charge is -2.14. The van der Waals surface area contributed by atoms with Crippen LogP contribution in [0.25, 0.3) is 0 Å². The number of nitrogens with one attached hydrogen (secondary N) is 1. The van der Waals surface area contributed by atoms with E-state index in [-0.39, 0.29) is 5.91 Å². The minimum absolute atomic E-state index is 0.167. The number of benzene rings is 1. The molecular weight excluding hydrogens is 284 g/mol. The lowest BCUT2D eigenvalue weighted by atomic mass is 10.1. The Morgan fingerprint density at radius 3 is 2.71 bits per heavy atom. The number of amides is 1. The van der Waals surface area contributed by atoms with Gasteiger partial charge in [-0.15, -0.1) is 0 Å². The first kappa shape index (κ1) is 17.6. The second-order valence-electron chi connectivity index (χ2n) is 5.48. The van der Waals surface area contributed by atoms with Crippen molar-refractivity contribution in [3.63, 3.8) is 0 Å². The summed E-state index contributed by atoms with van der Waals surface area (Å²) in [6, 6.07) is 7.17. The quantitative estimate of drug-likeness (QED) is 0.572. The number of rotatable bonds is 8. The molecule has 4 nitrogen and oxygen atoms in total. The Labute approximate surface area is 132 Å². The number of anilines is 1. The maximum atomic E-state index is 12.0. The summed E-state index contributed by atoms with van der Waals surface area (Å²) in [5, 5.41) is 2.81. The maximum absolute atomic E-state index is 12.0. The monoisotopic (exact) mass is 308 g/mol. The van der Waals surface area contributed by atoms with E-state index in [0.29, 0.717) is 23.2 Å². The third-order valence-corrected chi connectivity index (χ3v) is 3.31. The summed E-state index contributed by atoms with van der Waals surface area (Å²) < 4.78 is 5.54. The number of thiocarbonyl (C=S) groups is 1. The van der Waals surface area contributed by atoms with Gasteiger partial charge in [-0.25, -0.2) is 0 Å². The van der Waals surface area contributed by atoms with Crippen LogP contribution in [0.1, 0.15) is 39.2 Å². The van der Waals surface area contributed by atoms with Crippen LogP contribution in [0.5, 0.6) is 0 Å². The Morgan fingerprint density at radius 2 is 2.10 bits per heavy atom. The van der Waals surface area contributed by atoms with Crippen LogP contribution in [-0.4, -0.2) is 23.6 Å². The van der Waals surface area contributed by atoms with E-state index in [1.165, 1.54) is 0 Å². The van der Waals surface area contributed by atoms with Crippen molar-refractivity contribution in [3.05, 3.63) is 29.8 Å². The Kier molecular flexibility index (Phi) is 7.32. The molecule has 0 aliphatic heterocycles. The third-order valence-electron chi connectivity index (χ3n) is 3.08. The first-order chi connectivity index (χ1) is 9.90. The molecular formula is C16H24N2O2S. The van der Waals surface area contributed by atoms with Crippen molar-refractivity contribution in [2.75, 3.05) is 11.9 Å². The van der Waals surface area contributed by atoms with Gasteiger partial charge in [0.25, 0.3) is 5.91 Å². The van der Waals surface area contributed by atoms with Gasteiger partial charge >= 0.3 is 0 Å². The van der Waals surface area contributed by atoms with Gasteiger partial charge in [-0.2, -0.15) is 0 Å². The highest BCUT2D eigenvalue weighted by molar-refractivity contribution is 7.80. The number of ether oxygens (including phenoxy) is 1. The van der Waals surface area contributed by atoms with E-state index in [2.05, 4.69) is 19.2 Å². The van der Waals surface area contributed by atoms with E-state index >= 15 is 0 Å². The Bertz CT molecular complexity index is 489. The van der Waals surface area contributed by atoms with Crippen molar-refractivity contribution in [2.45, 2.75) is 39.7 Å². The number of hydrogen-bond acceptors (Lipinski definition) is 3. The maximum Gasteiger partial charge on any atom is 0.253 e. The number of nitrogens with two attached hydrogens (primary N) is 1. The van der Waals surface area contributed by atoms with Gasteiger partial charge in [-0.3, -0.25) is 4.79 Å². The van der Waals surface area contributed by atoms with Crippen LogP contribution in [-0.2, 0) is 9.53 Å². The minimum Gasteiger partial charge on any atom is -0.389 e. The fourth-order valence-corrected chi connectivity index (χ4v) is 1.95. The Balaban J connectivity index is 2.45. The second kappa shape index (κ2) is 8.74. The molecule has 0 aliphatic rings. The van der Waals surface area contributed by atoms with Crippen LogP contribution < -0.4 is 11.1 Å². The molecule has 3 N–H and O–H groups in total. The highest BCUT2D eigenvalue weighted by Crippen LogP contribution is 2.12. The molecule has 1 aromatic carbocycles. The van der Waals surface area contributed by atoms with Crippen LogP contribution in [0.4, 0.5) is 5.69 Å². The van der Waals surface area contributed by atoms with E-state index in [1.54, 1.807) is 25.1 Å². The van der Waals surface area contributed by atoms with Gasteiger partial charge in [0.05, 0.1) is 0 Å². The van der Waals surface area contributed by atoms with Crippen LogP contribution in [0.3, 0.4) is 0 Å². The minimum atomic E-state index is -0.481. The Morgan fingerprint density at radius 1 is 1.38 bits per heavy atom. The molecule has 1 amide bonds. The molecule has 0 aliphatic carbocycles. The molecule has 0 aromatic heterocycles. The van der Waals surface area contributed by atoms with Crippen molar-refractivity contribution in [1.29, 1.82) is 0 Å². The standard InChI is InChI=1S/C16H24N2O2S/c1-11(2)6-5-9-20-12(3)16(19)18-14-8-4-7-13(10-14)15(17)21/h4,7-8,10-12H,5-6,9H2,1-3H3,(H2,17,21)(H,18,19). The van der Waals surface area contributed by atoms with Crippen molar-refractivity contribution < 1.29 is 9.53 Å². The summed E-state index contributed by atoms with van der Waals surface area (Å²) in [4.78, 5) is 12.3. The average molecular weight is 308 g/mol. The van der Waals surface area contributed by atoms with Crippen LogP contribution in [0, 0.1) is 5.92 Å². The normalized spacial score (nSPS) is 12.2. The zero-order valence-electron chi connectivity index (χ0n) is 12.9. The summed E-state index contributed by atoms with van der Waals surface area (Å²) in [7, 11) is 0. The number of carbonyl (C=O) groups excluding carboxylic acids is 1. The van der Waals surface area contributed by atoms with Gasteiger partial charge in [0.1, 0.15) is 11.1 Å².